The Morgan fingerprint density at radius 3 is 2.48 bits per heavy atom. The highest BCUT2D eigenvalue weighted by Gasteiger charge is 2.00. The highest BCUT2D eigenvalue weighted by molar-refractivity contribution is 9.09. The van der Waals surface area contributed by atoms with Crippen molar-refractivity contribution in [3.05, 3.63) is 71.8 Å². The Kier molecular flexibility index (Phi) is 6.03. The average molecular weight is 346 g/mol. The van der Waals surface area contributed by atoms with Crippen molar-refractivity contribution in [1.82, 2.24) is 0 Å². The summed E-state index contributed by atoms with van der Waals surface area (Å²) in [6.07, 6.45) is 3.83. The summed E-state index contributed by atoms with van der Waals surface area (Å²) in [6.45, 7) is 0.517. The molecule has 0 bridgehead atoms. The lowest BCUT2D eigenvalue weighted by atomic mass is 10.1. The van der Waals surface area contributed by atoms with Crippen molar-refractivity contribution in [2.24, 2.45) is 5.16 Å². The number of halogens is 1. The molecule has 108 valence electrons. The fourth-order valence-electron chi connectivity index (χ4n) is 1.70. The standard InChI is InChI=1S/C17H16BrNO2/c18-12-13-21-19-17(15-4-2-1-3-5-15)11-8-14-6-9-16(20)10-7-14/h1-11,20H,12-13H2/b11-8+,19-17?. The molecule has 0 aromatic heterocycles. The van der Waals surface area contributed by atoms with E-state index in [1.807, 2.05) is 54.6 Å². The molecule has 0 amide bonds. The van der Waals surface area contributed by atoms with E-state index in [0.717, 1.165) is 22.2 Å². The maximum absolute atomic E-state index is 9.28. The van der Waals surface area contributed by atoms with E-state index < -0.39 is 0 Å². The van der Waals surface area contributed by atoms with Crippen LogP contribution in [0.15, 0.2) is 65.8 Å². The van der Waals surface area contributed by atoms with Crippen LogP contribution in [0.2, 0.25) is 0 Å². The SMILES string of the molecule is Oc1ccc(/C=C/C(=NOCCBr)c2ccccc2)cc1. The van der Waals surface area contributed by atoms with Crippen LogP contribution in [0.3, 0.4) is 0 Å². The first-order valence-corrected chi connectivity index (χ1v) is 7.70. The number of oxime groups is 1. The van der Waals surface area contributed by atoms with Crippen LogP contribution in [0, 0.1) is 0 Å². The lowest BCUT2D eigenvalue weighted by Crippen LogP contribution is -1.99. The third kappa shape index (κ3) is 5.08. The molecule has 2 rings (SSSR count). The van der Waals surface area contributed by atoms with E-state index in [-0.39, 0.29) is 5.75 Å². The zero-order valence-electron chi connectivity index (χ0n) is 11.4. The molecule has 0 heterocycles. The first-order chi connectivity index (χ1) is 10.3. The zero-order valence-corrected chi connectivity index (χ0v) is 13.0. The number of hydrogen-bond acceptors (Lipinski definition) is 3. The molecule has 0 aliphatic heterocycles. The third-order valence-electron chi connectivity index (χ3n) is 2.73. The van der Waals surface area contributed by atoms with Crippen LogP contribution in [0.5, 0.6) is 5.75 Å². The number of rotatable bonds is 6. The van der Waals surface area contributed by atoms with Gasteiger partial charge in [-0.05, 0) is 23.8 Å². The summed E-state index contributed by atoms with van der Waals surface area (Å²) in [7, 11) is 0. The van der Waals surface area contributed by atoms with Crippen LogP contribution in [0.1, 0.15) is 11.1 Å². The van der Waals surface area contributed by atoms with E-state index in [9.17, 15) is 5.11 Å². The summed E-state index contributed by atoms with van der Waals surface area (Å²) in [6, 6.07) is 16.8. The molecule has 0 spiro atoms. The minimum Gasteiger partial charge on any atom is -0.508 e. The molecule has 0 fully saturated rings. The van der Waals surface area contributed by atoms with Gasteiger partial charge in [0.1, 0.15) is 18.1 Å². The summed E-state index contributed by atoms with van der Waals surface area (Å²) in [5.74, 6) is 0.254. The maximum Gasteiger partial charge on any atom is 0.126 e. The van der Waals surface area contributed by atoms with Crippen molar-refractivity contribution in [3.63, 3.8) is 0 Å². The maximum atomic E-state index is 9.28. The van der Waals surface area contributed by atoms with Gasteiger partial charge in [-0.15, -0.1) is 0 Å². The van der Waals surface area contributed by atoms with Crippen LogP contribution in [-0.4, -0.2) is 22.8 Å². The number of phenols is 1. The molecule has 4 heteroatoms. The molecule has 2 aromatic carbocycles. The largest absolute Gasteiger partial charge is 0.508 e. The molecule has 0 atom stereocenters. The number of alkyl halides is 1. The van der Waals surface area contributed by atoms with Gasteiger partial charge < -0.3 is 9.94 Å². The highest BCUT2D eigenvalue weighted by atomic mass is 79.9. The predicted molar refractivity (Wildman–Crippen MR) is 89.9 cm³/mol. The van der Waals surface area contributed by atoms with Crippen LogP contribution in [0.4, 0.5) is 0 Å². The zero-order chi connectivity index (χ0) is 14.9. The van der Waals surface area contributed by atoms with Gasteiger partial charge in [-0.3, -0.25) is 0 Å². The summed E-state index contributed by atoms with van der Waals surface area (Å²) >= 11 is 3.30. The molecule has 1 N–H and O–H groups in total. The Balaban J connectivity index is 2.19. The van der Waals surface area contributed by atoms with Gasteiger partial charge in [0.15, 0.2) is 0 Å². The van der Waals surface area contributed by atoms with Crippen LogP contribution < -0.4 is 0 Å². The minimum absolute atomic E-state index is 0.254. The van der Waals surface area contributed by atoms with Crippen molar-refractivity contribution < 1.29 is 9.94 Å². The lowest BCUT2D eigenvalue weighted by Gasteiger charge is -2.02. The normalized spacial score (nSPS) is 11.8. The van der Waals surface area contributed by atoms with E-state index in [1.165, 1.54) is 0 Å². The van der Waals surface area contributed by atoms with E-state index in [2.05, 4.69) is 21.1 Å². The quantitative estimate of drug-likeness (QED) is 0.368. The Hall–Kier alpha value is -2.07. The van der Waals surface area contributed by atoms with Crippen molar-refractivity contribution in [3.8, 4) is 5.75 Å². The first-order valence-electron chi connectivity index (χ1n) is 6.58. The van der Waals surface area contributed by atoms with Gasteiger partial charge in [-0.2, -0.15) is 0 Å². The second kappa shape index (κ2) is 8.27. The summed E-state index contributed by atoms with van der Waals surface area (Å²) in [5.41, 5.74) is 2.73. The Morgan fingerprint density at radius 2 is 1.81 bits per heavy atom. The fraction of sp³-hybridized carbons (Fsp3) is 0.118. The molecule has 21 heavy (non-hydrogen) atoms. The monoisotopic (exact) mass is 345 g/mol. The van der Waals surface area contributed by atoms with Gasteiger partial charge >= 0.3 is 0 Å². The third-order valence-corrected chi connectivity index (χ3v) is 3.05. The van der Waals surface area contributed by atoms with Gasteiger partial charge in [-0.1, -0.05) is 69.6 Å². The highest BCUT2D eigenvalue weighted by Crippen LogP contribution is 2.12. The second-order valence-electron chi connectivity index (χ2n) is 4.29. The van der Waals surface area contributed by atoms with Crippen LogP contribution in [-0.2, 0) is 4.84 Å². The molecule has 0 aliphatic rings. The predicted octanol–water partition coefficient (Wildman–Crippen LogP) is 4.22. The number of phenolic OH excluding ortho intramolecular Hbond substituents is 1. The van der Waals surface area contributed by atoms with Gasteiger partial charge in [0, 0.05) is 10.9 Å². The molecular weight excluding hydrogens is 330 g/mol. The molecule has 0 unspecified atom stereocenters. The molecule has 0 saturated carbocycles. The Bertz CT molecular complexity index is 606. The first kappa shape index (κ1) is 15.3. The van der Waals surface area contributed by atoms with Gasteiger partial charge in [0.05, 0.1) is 0 Å². The van der Waals surface area contributed by atoms with Crippen molar-refractivity contribution in [1.29, 1.82) is 0 Å². The molecule has 2 aromatic rings. The van der Waals surface area contributed by atoms with E-state index in [0.29, 0.717) is 6.61 Å². The average Bonchev–Trinajstić information content (AvgIpc) is 2.53. The Morgan fingerprint density at radius 1 is 1.10 bits per heavy atom. The molecule has 3 nitrogen and oxygen atoms in total. The smallest absolute Gasteiger partial charge is 0.126 e. The van der Waals surface area contributed by atoms with Crippen molar-refractivity contribution in [2.45, 2.75) is 0 Å². The molecule has 0 saturated heterocycles. The Labute approximate surface area is 132 Å². The van der Waals surface area contributed by atoms with Gasteiger partial charge in [0.2, 0.25) is 0 Å². The topological polar surface area (TPSA) is 41.8 Å². The van der Waals surface area contributed by atoms with E-state index in [1.54, 1.807) is 12.1 Å². The summed E-state index contributed by atoms with van der Waals surface area (Å²) in [5, 5.41) is 14.2. The number of benzene rings is 2. The molecule has 0 radical (unpaired) electrons. The molecule has 0 aliphatic carbocycles. The lowest BCUT2D eigenvalue weighted by molar-refractivity contribution is 0.162. The number of hydrogen-bond donors (Lipinski definition) is 1. The van der Waals surface area contributed by atoms with E-state index in [4.69, 9.17) is 4.84 Å². The van der Waals surface area contributed by atoms with Gasteiger partial charge in [-0.25, -0.2) is 0 Å². The number of aromatic hydroxyl groups is 1. The minimum atomic E-state index is 0.254. The van der Waals surface area contributed by atoms with Crippen molar-refractivity contribution in [2.75, 3.05) is 11.9 Å². The van der Waals surface area contributed by atoms with Crippen LogP contribution >= 0.6 is 15.9 Å². The molecular formula is C17H16BrNO2. The summed E-state index contributed by atoms with van der Waals surface area (Å²) < 4.78 is 0. The van der Waals surface area contributed by atoms with Gasteiger partial charge in [0.25, 0.3) is 0 Å². The van der Waals surface area contributed by atoms with E-state index >= 15 is 0 Å². The number of allylic oxidation sites excluding steroid dienone is 1. The second-order valence-corrected chi connectivity index (χ2v) is 5.08. The van der Waals surface area contributed by atoms with Crippen molar-refractivity contribution >= 4 is 27.7 Å². The van der Waals surface area contributed by atoms with Crippen LogP contribution in [0.25, 0.3) is 6.08 Å². The number of nitrogens with zero attached hydrogens (tertiary/aromatic N) is 1. The summed E-state index contributed by atoms with van der Waals surface area (Å²) in [4.78, 5) is 5.26. The fourth-order valence-corrected chi connectivity index (χ4v) is 1.84.